The zero-order chi connectivity index (χ0) is 12.4. The number of carbonyl (C=O) groups excluding carboxylic acids is 1. The zero-order valence-corrected chi connectivity index (χ0v) is 10.1. The highest BCUT2D eigenvalue weighted by Gasteiger charge is 2.01. The van der Waals surface area contributed by atoms with Crippen molar-refractivity contribution in [3.63, 3.8) is 0 Å². The molecule has 0 aliphatic carbocycles. The number of benzene rings is 1. The van der Waals surface area contributed by atoms with Crippen LogP contribution < -0.4 is 5.73 Å². The molecule has 0 aliphatic rings. The Kier molecular flexibility index (Phi) is 9.84. The van der Waals surface area contributed by atoms with Gasteiger partial charge in [-0.2, -0.15) is 0 Å². The van der Waals surface area contributed by atoms with Gasteiger partial charge < -0.3 is 5.73 Å². The summed E-state index contributed by atoms with van der Waals surface area (Å²) < 4.78 is 12.6. The van der Waals surface area contributed by atoms with Crippen molar-refractivity contribution in [2.45, 2.75) is 34.6 Å². The van der Waals surface area contributed by atoms with Crippen molar-refractivity contribution in [3.05, 3.63) is 35.1 Å². The van der Waals surface area contributed by atoms with Crippen LogP contribution >= 0.6 is 0 Å². The summed E-state index contributed by atoms with van der Waals surface area (Å²) in [5.41, 5.74) is 5.85. The monoisotopic (exact) mass is 213 g/mol. The summed E-state index contributed by atoms with van der Waals surface area (Å²) in [6.45, 7) is 9.70. The molecule has 0 fully saturated rings. The Morgan fingerprint density at radius 2 is 1.60 bits per heavy atom. The molecule has 86 valence electrons. The zero-order valence-electron chi connectivity index (χ0n) is 10.1. The van der Waals surface area contributed by atoms with Gasteiger partial charge in [-0.15, -0.1) is 0 Å². The van der Waals surface area contributed by atoms with Crippen LogP contribution in [0.3, 0.4) is 0 Å². The third-order valence-electron chi connectivity index (χ3n) is 1.33. The van der Waals surface area contributed by atoms with Crippen molar-refractivity contribution in [1.29, 1.82) is 0 Å². The number of amides is 1. The van der Waals surface area contributed by atoms with Crippen LogP contribution in [0.25, 0.3) is 0 Å². The SMILES string of the molecule is CC.CC.Cc1cc(F)cc(C(N)=O)c1. The van der Waals surface area contributed by atoms with Crippen molar-refractivity contribution in [2.24, 2.45) is 5.73 Å². The lowest BCUT2D eigenvalue weighted by molar-refractivity contribution is 0.1000. The number of nitrogens with two attached hydrogens (primary N) is 1. The van der Waals surface area contributed by atoms with Crippen molar-refractivity contribution in [3.8, 4) is 0 Å². The molecule has 2 nitrogen and oxygen atoms in total. The van der Waals surface area contributed by atoms with Crippen LogP contribution in [-0.4, -0.2) is 5.91 Å². The summed E-state index contributed by atoms with van der Waals surface area (Å²) in [4.78, 5) is 10.6. The van der Waals surface area contributed by atoms with Gasteiger partial charge in [0.05, 0.1) is 0 Å². The molecule has 0 bridgehead atoms. The number of primary amides is 1. The van der Waals surface area contributed by atoms with Crippen molar-refractivity contribution < 1.29 is 9.18 Å². The molecule has 0 radical (unpaired) electrons. The first-order valence-electron chi connectivity index (χ1n) is 5.16. The lowest BCUT2D eigenvalue weighted by Crippen LogP contribution is -2.11. The molecule has 1 aromatic rings. The first-order chi connectivity index (χ1) is 7.09. The Hall–Kier alpha value is -1.38. The molecule has 1 aromatic carbocycles. The number of rotatable bonds is 1. The average Bonchev–Trinajstić information content (AvgIpc) is 2.22. The predicted molar refractivity (Wildman–Crippen MR) is 62.4 cm³/mol. The molecule has 0 aliphatic heterocycles. The third kappa shape index (κ3) is 6.66. The average molecular weight is 213 g/mol. The van der Waals surface area contributed by atoms with Gasteiger partial charge in [-0.25, -0.2) is 4.39 Å². The summed E-state index contributed by atoms with van der Waals surface area (Å²) in [5.74, 6) is -1.04. The van der Waals surface area contributed by atoms with Crippen LogP contribution in [0.2, 0.25) is 0 Å². The normalized spacial score (nSPS) is 7.87. The Bertz CT molecular complexity index is 277. The molecule has 1 rings (SSSR count). The van der Waals surface area contributed by atoms with Gasteiger partial charge >= 0.3 is 0 Å². The minimum absolute atomic E-state index is 0.211. The lowest BCUT2D eigenvalue weighted by Gasteiger charge is -1.97. The van der Waals surface area contributed by atoms with Crippen LogP contribution in [0.5, 0.6) is 0 Å². The summed E-state index contributed by atoms with van der Waals surface area (Å²) in [6.07, 6.45) is 0. The van der Waals surface area contributed by atoms with E-state index in [-0.39, 0.29) is 5.56 Å². The van der Waals surface area contributed by atoms with Gasteiger partial charge in [0.1, 0.15) is 5.82 Å². The first-order valence-corrected chi connectivity index (χ1v) is 5.16. The molecule has 1 amide bonds. The molecular weight excluding hydrogens is 193 g/mol. The van der Waals surface area contributed by atoms with Crippen LogP contribution in [0.1, 0.15) is 43.6 Å². The van der Waals surface area contributed by atoms with Crippen LogP contribution in [0.15, 0.2) is 18.2 Å². The third-order valence-corrected chi connectivity index (χ3v) is 1.33. The van der Waals surface area contributed by atoms with E-state index in [0.717, 1.165) is 6.07 Å². The first kappa shape index (κ1) is 16.1. The second-order valence-corrected chi connectivity index (χ2v) is 2.38. The second-order valence-electron chi connectivity index (χ2n) is 2.38. The van der Waals surface area contributed by atoms with E-state index < -0.39 is 11.7 Å². The summed E-state index contributed by atoms with van der Waals surface area (Å²) in [5, 5.41) is 0. The highest BCUT2D eigenvalue weighted by atomic mass is 19.1. The van der Waals surface area contributed by atoms with E-state index in [2.05, 4.69) is 0 Å². The van der Waals surface area contributed by atoms with Gasteiger partial charge in [0.2, 0.25) is 5.91 Å². The van der Waals surface area contributed by atoms with Crippen LogP contribution in [0.4, 0.5) is 4.39 Å². The molecule has 2 N–H and O–H groups in total. The Labute approximate surface area is 91.3 Å². The molecule has 15 heavy (non-hydrogen) atoms. The van der Waals surface area contributed by atoms with Gasteiger partial charge in [0, 0.05) is 5.56 Å². The van der Waals surface area contributed by atoms with E-state index in [1.54, 1.807) is 13.0 Å². The maximum atomic E-state index is 12.6. The molecule has 0 atom stereocenters. The Morgan fingerprint density at radius 1 is 1.13 bits per heavy atom. The standard InChI is InChI=1S/C8H8FNO.2C2H6/c1-5-2-6(8(10)11)4-7(9)3-5;2*1-2/h2-4H,1H3,(H2,10,11);2*1-2H3. The highest BCUT2D eigenvalue weighted by Crippen LogP contribution is 2.06. The fraction of sp³-hybridized carbons (Fsp3) is 0.417. The molecule has 0 saturated heterocycles. The van der Waals surface area contributed by atoms with Crippen LogP contribution in [-0.2, 0) is 0 Å². The number of hydrogen-bond donors (Lipinski definition) is 1. The molecular formula is C12H20FNO. The topological polar surface area (TPSA) is 43.1 Å². The van der Waals surface area contributed by atoms with E-state index in [4.69, 9.17) is 5.73 Å². The van der Waals surface area contributed by atoms with E-state index in [1.165, 1.54) is 6.07 Å². The molecule has 3 heteroatoms. The molecule has 0 spiro atoms. The van der Waals surface area contributed by atoms with Crippen molar-refractivity contribution in [1.82, 2.24) is 0 Å². The maximum Gasteiger partial charge on any atom is 0.248 e. The Balaban J connectivity index is 0. The summed E-state index contributed by atoms with van der Waals surface area (Å²) >= 11 is 0. The van der Waals surface area contributed by atoms with E-state index in [0.29, 0.717) is 5.56 Å². The van der Waals surface area contributed by atoms with E-state index >= 15 is 0 Å². The van der Waals surface area contributed by atoms with Crippen LogP contribution in [0, 0.1) is 12.7 Å². The van der Waals surface area contributed by atoms with Gasteiger partial charge in [-0.05, 0) is 30.7 Å². The number of aryl methyl sites for hydroxylation is 1. The minimum Gasteiger partial charge on any atom is -0.366 e. The van der Waals surface area contributed by atoms with E-state index in [1.807, 2.05) is 27.7 Å². The number of hydrogen-bond acceptors (Lipinski definition) is 1. The highest BCUT2D eigenvalue weighted by molar-refractivity contribution is 5.92. The van der Waals surface area contributed by atoms with E-state index in [9.17, 15) is 9.18 Å². The van der Waals surface area contributed by atoms with Gasteiger partial charge in [0.25, 0.3) is 0 Å². The fourth-order valence-corrected chi connectivity index (χ4v) is 0.879. The fourth-order valence-electron chi connectivity index (χ4n) is 0.879. The van der Waals surface area contributed by atoms with Gasteiger partial charge in [0.15, 0.2) is 0 Å². The summed E-state index contributed by atoms with van der Waals surface area (Å²) in [7, 11) is 0. The van der Waals surface area contributed by atoms with Gasteiger partial charge in [-0.3, -0.25) is 4.79 Å². The smallest absolute Gasteiger partial charge is 0.248 e. The van der Waals surface area contributed by atoms with Crippen molar-refractivity contribution in [2.75, 3.05) is 0 Å². The quantitative estimate of drug-likeness (QED) is 0.764. The molecule has 0 unspecified atom stereocenters. The minimum atomic E-state index is -0.604. The molecule has 0 aromatic heterocycles. The number of carbonyl (C=O) groups is 1. The predicted octanol–water partition coefficient (Wildman–Crippen LogP) is 3.29. The maximum absolute atomic E-state index is 12.6. The largest absolute Gasteiger partial charge is 0.366 e. The molecule has 0 heterocycles. The number of halogens is 1. The second kappa shape index (κ2) is 9.19. The summed E-state index contributed by atoms with van der Waals surface area (Å²) in [6, 6.07) is 4.01. The van der Waals surface area contributed by atoms with Gasteiger partial charge in [-0.1, -0.05) is 27.7 Å². The lowest BCUT2D eigenvalue weighted by atomic mass is 10.1. The Morgan fingerprint density at radius 3 is 1.93 bits per heavy atom. The molecule has 0 saturated carbocycles. The van der Waals surface area contributed by atoms with Crippen molar-refractivity contribution >= 4 is 5.91 Å².